The third-order valence-electron chi connectivity index (χ3n) is 3.46. The van der Waals surface area contributed by atoms with Gasteiger partial charge in [-0.05, 0) is 53.2 Å². The van der Waals surface area contributed by atoms with Crippen LogP contribution in [0.15, 0.2) is 12.3 Å². The fraction of sp³-hybridized carbons (Fsp3) is 0.444. The highest BCUT2D eigenvalue weighted by molar-refractivity contribution is 5.90. The van der Waals surface area contributed by atoms with Crippen LogP contribution in [-0.4, -0.2) is 39.0 Å². The van der Waals surface area contributed by atoms with Crippen molar-refractivity contribution in [2.24, 2.45) is 0 Å². The van der Waals surface area contributed by atoms with Gasteiger partial charge in [-0.15, -0.1) is 0 Å². The van der Waals surface area contributed by atoms with Crippen LogP contribution in [-0.2, 0) is 9.47 Å². The van der Waals surface area contributed by atoms with Gasteiger partial charge >= 0.3 is 12.1 Å². The number of esters is 1. The second kappa shape index (κ2) is 7.73. The molecule has 0 unspecified atom stereocenters. The second-order valence-corrected chi connectivity index (χ2v) is 6.86. The summed E-state index contributed by atoms with van der Waals surface area (Å²) in [6.45, 7) is 10.3. The van der Waals surface area contributed by atoms with Crippen LogP contribution in [0.25, 0.3) is 5.82 Å². The van der Waals surface area contributed by atoms with Crippen LogP contribution in [0.5, 0.6) is 0 Å². The van der Waals surface area contributed by atoms with Crippen molar-refractivity contribution in [1.82, 2.24) is 14.8 Å². The van der Waals surface area contributed by atoms with Crippen molar-refractivity contribution in [1.29, 1.82) is 0 Å². The Labute approximate surface area is 156 Å². The SMILES string of the molecule is CCOC(=O)c1cnn(-c2nc(NC(=O)OC(C)(C)C)c(F)cc2C)c1C. The van der Waals surface area contributed by atoms with E-state index in [9.17, 15) is 14.0 Å². The molecule has 0 aromatic carbocycles. The van der Waals surface area contributed by atoms with Gasteiger partial charge in [0.2, 0.25) is 0 Å². The van der Waals surface area contributed by atoms with E-state index in [2.05, 4.69) is 15.4 Å². The second-order valence-electron chi connectivity index (χ2n) is 6.86. The first-order valence-electron chi connectivity index (χ1n) is 8.42. The molecule has 0 aliphatic rings. The Hall–Kier alpha value is -2.97. The first-order valence-corrected chi connectivity index (χ1v) is 8.42. The van der Waals surface area contributed by atoms with Crippen LogP contribution < -0.4 is 5.32 Å². The molecule has 2 aromatic rings. The minimum Gasteiger partial charge on any atom is -0.462 e. The fourth-order valence-electron chi connectivity index (χ4n) is 2.31. The highest BCUT2D eigenvalue weighted by Crippen LogP contribution is 2.22. The lowest BCUT2D eigenvalue weighted by molar-refractivity contribution is 0.0524. The van der Waals surface area contributed by atoms with Crippen molar-refractivity contribution < 1.29 is 23.5 Å². The predicted octanol–water partition coefficient (Wildman–Crippen LogP) is 3.55. The number of anilines is 1. The number of nitrogens with one attached hydrogen (secondary N) is 1. The Kier molecular flexibility index (Phi) is 5.82. The molecule has 0 radical (unpaired) electrons. The highest BCUT2D eigenvalue weighted by Gasteiger charge is 2.21. The summed E-state index contributed by atoms with van der Waals surface area (Å²) in [6.07, 6.45) is 0.534. The molecule has 0 atom stereocenters. The third kappa shape index (κ3) is 4.81. The van der Waals surface area contributed by atoms with Crippen LogP contribution >= 0.6 is 0 Å². The van der Waals surface area contributed by atoms with Crippen molar-refractivity contribution in [2.45, 2.75) is 47.1 Å². The Balaban J connectivity index is 2.39. The van der Waals surface area contributed by atoms with E-state index in [1.807, 2.05) is 0 Å². The fourth-order valence-corrected chi connectivity index (χ4v) is 2.31. The molecular formula is C18H23FN4O4. The molecule has 8 nitrogen and oxygen atoms in total. The van der Waals surface area contributed by atoms with E-state index >= 15 is 0 Å². The number of hydrogen-bond acceptors (Lipinski definition) is 6. The molecule has 0 saturated heterocycles. The molecule has 0 spiro atoms. The Morgan fingerprint density at radius 2 is 1.96 bits per heavy atom. The van der Waals surface area contributed by atoms with Gasteiger partial charge in [0.05, 0.1) is 18.5 Å². The van der Waals surface area contributed by atoms with Crippen LogP contribution in [0, 0.1) is 19.7 Å². The summed E-state index contributed by atoms with van der Waals surface area (Å²) >= 11 is 0. The smallest absolute Gasteiger partial charge is 0.413 e. The van der Waals surface area contributed by atoms with Crippen LogP contribution in [0.3, 0.4) is 0 Å². The quantitative estimate of drug-likeness (QED) is 0.818. The topological polar surface area (TPSA) is 95.3 Å². The van der Waals surface area contributed by atoms with Gasteiger partial charge in [-0.2, -0.15) is 5.10 Å². The summed E-state index contributed by atoms with van der Waals surface area (Å²) < 4.78 is 25.7. The van der Waals surface area contributed by atoms with Crippen molar-refractivity contribution in [2.75, 3.05) is 11.9 Å². The number of halogens is 1. The maximum atomic E-state index is 14.2. The summed E-state index contributed by atoms with van der Waals surface area (Å²) in [7, 11) is 0. The van der Waals surface area contributed by atoms with Crippen molar-refractivity contribution in [3.63, 3.8) is 0 Å². The molecule has 27 heavy (non-hydrogen) atoms. The molecule has 0 saturated carbocycles. The van der Waals surface area contributed by atoms with E-state index in [0.717, 1.165) is 0 Å². The lowest BCUT2D eigenvalue weighted by Gasteiger charge is -2.20. The standard InChI is InChI=1S/C18H23FN4O4/c1-7-26-16(24)12-9-20-23(11(12)3)15-10(2)8-13(19)14(21-15)22-17(25)27-18(4,5)6/h8-9H,7H2,1-6H3,(H,21,22,25). The molecule has 0 aliphatic carbocycles. The lowest BCUT2D eigenvalue weighted by atomic mass is 10.2. The zero-order valence-electron chi connectivity index (χ0n) is 16.2. The largest absolute Gasteiger partial charge is 0.462 e. The van der Waals surface area contributed by atoms with Gasteiger partial charge in [-0.3, -0.25) is 5.32 Å². The van der Waals surface area contributed by atoms with E-state index in [0.29, 0.717) is 11.3 Å². The number of carbonyl (C=O) groups is 2. The maximum absolute atomic E-state index is 14.2. The Bertz CT molecular complexity index is 871. The molecule has 2 heterocycles. The zero-order valence-corrected chi connectivity index (χ0v) is 16.2. The van der Waals surface area contributed by atoms with Gasteiger partial charge in [0.1, 0.15) is 11.2 Å². The van der Waals surface area contributed by atoms with Crippen molar-refractivity contribution >= 4 is 17.9 Å². The molecule has 1 amide bonds. The van der Waals surface area contributed by atoms with Gasteiger partial charge in [0.15, 0.2) is 17.5 Å². The summed E-state index contributed by atoms with van der Waals surface area (Å²) in [5.41, 5.74) is 0.507. The summed E-state index contributed by atoms with van der Waals surface area (Å²) in [5, 5.41) is 6.44. The van der Waals surface area contributed by atoms with E-state index in [-0.39, 0.29) is 23.8 Å². The van der Waals surface area contributed by atoms with Gasteiger partial charge in [0.25, 0.3) is 0 Å². The molecular weight excluding hydrogens is 355 g/mol. The molecule has 0 aliphatic heterocycles. The van der Waals surface area contributed by atoms with Gasteiger partial charge in [0, 0.05) is 0 Å². The van der Waals surface area contributed by atoms with Gasteiger partial charge in [-0.1, -0.05) is 0 Å². The van der Waals surface area contributed by atoms with E-state index in [1.165, 1.54) is 16.9 Å². The predicted molar refractivity (Wildman–Crippen MR) is 96.6 cm³/mol. The lowest BCUT2D eigenvalue weighted by Crippen LogP contribution is -2.28. The Morgan fingerprint density at radius 1 is 1.30 bits per heavy atom. The van der Waals surface area contributed by atoms with Crippen molar-refractivity contribution in [3.05, 3.63) is 34.9 Å². The Morgan fingerprint density at radius 3 is 2.56 bits per heavy atom. The van der Waals surface area contributed by atoms with Gasteiger partial charge in [-0.25, -0.2) is 23.6 Å². The maximum Gasteiger partial charge on any atom is 0.413 e. The van der Waals surface area contributed by atoms with E-state index in [1.54, 1.807) is 41.5 Å². The van der Waals surface area contributed by atoms with E-state index < -0.39 is 23.5 Å². The highest BCUT2D eigenvalue weighted by atomic mass is 19.1. The first-order chi connectivity index (χ1) is 12.5. The monoisotopic (exact) mass is 378 g/mol. The molecule has 2 aromatic heterocycles. The number of aromatic nitrogens is 3. The number of nitrogens with zero attached hydrogens (tertiary/aromatic N) is 3. The van der Waals surface area contributed by atoms with Crippen LogP contribution in [0.4, 0.5) is 15.0 Å². The summed E-state index contributed by atoms with van der Waals surface area (Å²) in [5.74, 6) is -1.24. The first kappa shape index (κ1) is 20.3. The summed E-state index contributed by atoms with van der Waals surface area (Å²) in [6, 6.07) is 1.22. The number of carbonyl (C=O) groups excluding carboxylic acids is 2. The van der Waals surface area contributed by atoms with Crippen LogP contribution in [0.2, 0.25) is 0 Å². The molecule has 0 bridgehead atoms. The molecule has 1 N–H and O–H groups in total. The molecule has 2 rings (SSSR count). The number of amides is 1. The molecule has 0 fully saturated rings. The molecule has 9 heteroatoms. The minimum atomic E-state index is -0.826. The third-order valence-corrected chi connectivity index (χ3v) is 3.46. The number of ether oxygens (including phenoxy) is 2. The zero-order chi connectivity index (χ0) is 20.4. The van der Waals surface area contributed by atoms with E-state index in [4.69, 9.17) is 9.47 Å². The number of hydrogen-bond donors (Lipinski definition) is 1. The molecule has 146 valence electrons. The van der Waals surface area contributed by atoms with Crippen molar-refractivity contribution in [3.8, 4) is 5.82 Å². The average molecular weight is 378 g/mol. The normalized spacial score (nSPS) is 11.2. The van der Waals surface area contributed by atoms with Crippen LogP contribution in [0.1, 0.15) is 49.3 Å². The average Bonchev–Trinajstić information content (AvgIpc) is 2.90. The van der Waals surface area contributed by atoms with Gasteiger partial charge < -0.3 is 9.47 Å². The number of pyridine rings is 1. The number of rotatable bonds is 4. The minimum absolute atomic E-state index is 0.237. The number of aryl methyl sites for hydroxylation is 1. The summed E-state index contributed by atoms with van der Waals surface area (Å²) in [4.78, 5) is 28.0.